The lowest BCUT2D eigenvalue weighted by Gasteiger charge is -2.30. The van der Waals surface area contributed by atoms with Gasteiger partial charge in [-0.3, -0.25) is 4.79 Å². The number of rotatable bonds is 9. The molecular formula is C22H25F3N6O4S2. The van der Waals surface area contributed by atoms with Crippen molar-refractivity contribution in [2.45, 2.75) is 74.7 Å². The van der Waals surface area contributed by atoms with Gasteiger partial charge in [0.15, 0.2) is 5.82 Å². The third kappa shape index (κ3) is 5.89. The molecule has 0 aliphatic heterocycles. The molecule has 2 N–H and O–H groups in total. The molecule has 2 aromatic rings. The van der Waals surface area contributed by atoms with Crippen molar-refractivity contribution < 1.29 is 31.1 Å². The first-order valence-corrected chi connectivity index (χ1v) is 14.1. The van der Waals surface area contributed by atoms with Gasteiger partial charge in [-0.2, -0.15) is 13.8 Å². The molecule has 0 saturated heterocycles. The molecule has 37 heavy (non-hydrogen) atoms. The van der Waals surface area contributed by atoms with Crippen LogP contribution >= 0.6 is 11.3 Å². The van der Waals surface area contributed by atoms with Gasteiger partial charge in [0, 0.05) is 30.0 Å². The van der Waals surface area contributed by atoms with E-state index in [1.165, 1.54) is 29.1 Å². The topological polar surface area (TPSA) is 127 Å². The predicted molar refractivity (Wildman–Crippen MR) is 129 cm³/mol. The highest BCUT2D eigenvalue weighted by molar-refractivity contribution is 7.90. The number of halogens is 3. The van der Waals surface area contributed by atoms with Crippen LogP contribution in [0.1, 0.15) is 42.5 Å². The molecule has 0 radical (unpaired) electrons. The van der Waals surface area contributed by atoms with Gasteiger partial charge in [0.1, 0.15) is 16.1 Å². The van der Waals surface area contributed by atoms with E-state index in [1.807, 2.05) is 0 Å². The quantitative estimate of drug-likeness (QED) is 0.455. The second kappa shape index (κ2) is 10.2. The van der Waals surface area contributed by atoms with Crippen LogP contribution in [0.5, 0.6) is 5.88 Å². The molecule has 2 aromatic heterocycles. The zero-order valence-corrected chi connectivity index (χ0v) is 21.4. The molecule has 0 aromatic carbocycles. The van der Waals surface area contributed by atoms with E-state index in [0.29, 0.717) is 18.4 Å². The van der Waals surface area contributed by atoms with E-state index in [-0.39, 0.29) is 58.7 Å². The Hall–Kier alpha value is -2.74. The van der Waals surface area contributed by atoms with Gasteiger partial charge in [0.25, 0.3) is 0 Å². The average Bonchev–Trinajstić information content (AvgIpc) is 3.50. The fourth-order valence-corrected chi connectivity index (χ4v) is 7.58. The van der Waals surface area contributed by atoms with E-state index in [2.05, 4.69) is 35.9 Å². The number of amides is 1. The number of hydrogen-bond acceptors (Lipinski definition) is 8. The number of ether oxygens (including phenoxy) is 1. The van der Waals surface area contributed by atoms with Gasteiger partial charge in [-0.25, -0.2) is 27.2 Å². The van der Waals surface area contributed by atoms with Crippen molar-refractivity contribution in [3.63, 3.8) is 0 Å². The molecule has 5 rings (SSSR count). The van der Waals surface area contributed by atoms with Gasteiger partial charge in [-0.05, 0) is 50.5 Å². The molecule has 0 unspecified atom stereocenters. The van der Waals surface area contributed by atoms with E-state index in [4.69, 9.17) is 0 Å². The van der Waals surface area contributed by atoms with E-state index in [1.54, 1.807) is 0 Å². The number of fused-ring (bicyclic) bond motifs is 1. The summed E-state index contributed by atoms with van der Waals surface area (Å²) in [7, 11) is -2.51. The number of aromatic nitrogens is 2. The molecule has 2 fully saturated rings. The Bertz CT molecular complexity index is 1360. The number of aryl methyl sites for hydroxylation is 2. The second-order valence-corrected chi connectivity index (χ2v) is 12.1. The Labute approximate surface area is 215 Å². The maximum Gasteiger partial charge on any atom is 0.388 e. The number of alkyl halides is 3. The first-order chi connectivity index (χ1) is 17.6. The summed E-state index contributed by atoms with van der Waals surface area (Å²) in [6.45, 7) is -3.01. The van der Waals surface area contributed by atoms with Crippen LogP contribution in [0.3, 0.4) is 0 Å². The zero-order chi connectivity index (χ0) is 26.3. The molecule has 2 saturated carbocycles. The highest BCUT2D eigenvalue weighted by Gasteiger charge is 2.39. The Morgan fingerprint density at radius 1 is 1.32 bits per heavy atom. The third-order valence-electron chi connectivity index (χ3n) is 6.49. The SMILES string of the molecule is Cn1nc(OC(F)F)cc1N=C=N[C@H]1CCc2sc(NC(=O)C3CC3)c(S(=O)(=O)NC3CC(F)C3)c2C1. The van der Waals surface area contributed by atoms with Gasteiger partial charge < -0.3 is 10.1 Å². The smallest absolute Gasteiger partial charge is 0.388 e. The summed E-state index contributed by atoms with van der Waals surface area (Å²) in [5, 5.41) is 6.86. The lowest BCUT2D eigenvalue weighted by molar-refractivity contribution is -0.117. The van der Waals surface area contributed by atoms with Crippen LogP contribution in [-0.4, -0.2) is 55.0 Å². The van der Waals surface area contributed by atoms with Gasteiger partial charge >= 0.3 is 6.61 Å². The third-order valence-corrected chi connectivity index (χ3v) is 9.46. The van der Waals surface area contributed by atoms with Gasteiger partial charge in [0.05, 0.1) is 12.1 Å². The summed E-state index contributed by atoms with van der Waals surface area (Å²) < 4.78 is 72.9. The van der Waals surface area contributed by atoms with Gasteiger partial charge in [-0.15, -0.1) is 16.4 Å². The fourth-order valence-electron chi connectivity index (χ4n) is 4.34. The van der Waals surface area contributed by atoms with E-state index < -0.39 is 28.8 Å². The minimum atomic E-state index is -4.02. The molecule has 3 aliphatic rings. The van der Waals surface area contributed by atoms with Gasteiger partial charge in [-0.1, -0.05) is 0 Å². The van der Waals surface area contributed by atoms with Crippen molar-refractivity contribution in [2.24, 2.45) is 23.0 Å². The number of sulfonamides is 1. The summed E-state index contributed by atoms with van der Waals surface area (Å²) in [4.78, 5) is 21.7. The number of carbonyl (C=O) groups excluding carboxylic acids is 1. The minimum absolute atomic E-state index is 0.0288. The Morgan fingerprint density at radius 2 is 2.08 bits per heavy atom. The predicted octanol–water partition coefficient (Wildman–Crippen LogP) is 3.57. The van der Waals surface area contributed by atoms with Gasteiger partial charge in [0.2, 0.25) is 21.8 Å². The maximum absolute atomic E-state index is 13.4. The van der Waals surface area contributed by atoms with Crippen molar-refractivity contribution >= 4 is 44.1 Å². The number of nitrogens with one attached hydrogen (secondary N) is 2. The van der Waals surface area contributed by atoms with Crippen molar-refractivity contribution in [3.05, 3.63) is 16.5 Å². The van der Waals surface area contributed by atoms with Crippen LogP contribution in [-0.2, 0) is 34.7 Å². The lowest BCUT2D eigenvalue weighted by Crippen LogP contribution is -2.45. The largest absolute Gasteiger partial charge is 0.415 e. The number of hydrogen-bond donors (Lipinski definition) is 2. The molecule has 0 bridgehead atoms. The first kappa shape index (κ1) is 25.9. The highest BCUT2D eigenvalue weighted by Crippen LogP contribution is 2.43. The van der Waals surface area contributed by atoms with E-state index in [9.17, 15) is 26.4 Å². The van der Waals surface area contributed by atoms with Crippen molar-refractivity contribution in [3.8, 4) is 5.88 Å². The summed E-state index contributed by atoms with van der Waals surface area (Å²) in [6.07, 6.45) is 2.22. The molecule has 15 heteroatoms. The average molecular weight is 559 g/mol. The van der Waals surface area contributed by atoms with Crippen LogP contribution in [0.2, 0.25) is 0 Å². The maximum atomic E-state index is 13.4. The monoisotopic (exact) mass is 558 g/mol. The van der Waals surface area contributed by atoms with E-state index >= 15 is 0 Å². The fraction of sp³-hybridized carbons (Fsp3) is 0.591. The number of thiophene rings is 1. The van der Waals surface area contributed by atoms with Crippen LogP contribution < -0.4 is 14.8 Å². The first-order valence-electron chi connectivity index (χ1n) is 11.8. The molecule has 3 aliphatic carbocycles. The van der Waals surface area contributed by atoms with Crippen LogP contribution in [0.4, 0.5) is 24.0 Å². The number of aliphatic imine (C=N–C) groups is 2. The Kier molecular flexibility index (Phi) is 7.14. The number of carbonyl (C=O) groups is 1. The standard InChI is InChI=1S/C22H25F3N6O4S2/c1-31-17(9-18(29-31)35-22(24)25)27-10-26-13-4-5-16-15(8-13)19(21(36-16)28-20(32)11-2-3-11)37(33,34)30-14-6-12(23)7-14/h9,11-14,22,30H,2-8H2,1H3,(H,28,32)/t12?,13-,14?/m0/s1. The Balaban J connectivity index is 1.38. The molecule has 10 nitrogen and oxygen atoms in total. The Morgan fingerprint density at radius 3 is 2.76 bits per heavy atom. The molecule has 200 valence electrons. The zero-order valence-electron chi connectivity index (χ0n) is 19.8. The van der Waals surface area contributed by atoms with Crippen LogP contribution in [0, 0.1) is 5.92 Å². The molecule has 1 amide bonds. The van der Waals surface area contributed by atoms with E-state index in [0.717, 1.165) is 17.7 Å². The normalized spacial score (nSPS) is 23.1. The van der Waals surface area contributed by atoms with Crippen molar-refractivity contribution in [1.82, 2.24) is 14.5 Å². The summed E-state index contributed by atoms with van der Waals surface area (Å²) >= 11 is 1.25. The second-order valence-electron chi connectivity index (χ2n) is 9.39. The van der Waals surface area contributed by atoms with Crippen LogP contribution in [0.15, 0.2) is 20.9 Å². The number of anilines is 1. The minimum Gasteiger partial charge on any atom is -0.415 e. The van der Waals surface area contributed by atoms with Crippen molar-refractivity contribution in [2.75, 3.05) is 5.32 Å². The van der Waals surface area contributed by atoms with Crippen molar-refractivity contribution in [1.29, 1.82) is 0 Å². The molecule has 1 atom stereocenters. The summed E-state index contributed by atoms with van der Waals surface area (Å²) in [6, 6.07) is 2.96. The lowest BCUT2D eigenvalue weighted by atomic mass is 9.92. The highest BCUT2D eigenvalue weighted by atomic mass is 32.2. The number of nitrogens with zero attached hydrogens (tertiary/aromatic N) is 4. The summed E-state index contributed by atoms with van der Waals surface area (Å²) in [5.74, 6) is -0.382. The summed E-state index contributed by atoms with van der Waals surface area (Å²) in [5.41, 5.74) is 0.578. The van der Waals surface area contributed by atoms with Crippen LogP contribution in [0.25, 0.3) is 0 Å². The molecular weight excluding hydrogens is 533 g/mol. The molecule has 0 spiro atoms. The molecule has 2 heterocycles.